The Hall–Kier alpha value is -2.44. The number of pyridine rings is 2. The van der Waals surface area contributed by atoms with E-state index in [1.165, 1.54) is 16.7 Å². The number of hydrogen-bond acceptors (Lipinski definition) is 4. The highest BCUT2D eigenvalue weighted by Crippen LogP contribution is 2.29. The summed E-state index contributed by atoms with van der Waals surface area (Å²) in [6.45, 7) is 4.89. The van der Waals surface area contributed by atoms with E-state index in [0.717, 1.165) is 5.56 Å². The Morgan fingerprint density at radius 3 is 2.96 bits per heavy atom. The van der Waals surface area contributed by atoms with Gasteiger partial charge in [0.1, 0.15) is 5.15 Å². The van der Waals surface area contributed by atoms with Gasteiger partial charge in [-0.25, -0.2) is 4.98 Å². The molecule has 0 spiro atoms. The molecule has 3 rings (SSSR count). The fraction of sp³-hybridized carbons (Fsp3) is 0.278. The van der Waals surface area contributed by atoms with Crippen molar-refractivity contribution in [1.29, 1.82) is 0 Å². The van der Waals surface area contributed by atoms with Crippen molar-refractivity contribution in [2.24, 2.45) is 7.05 Å². The number of carbonyl (C=O) groups excluding carboxylic acids is 1. The molecule has 1 atom stereocenters. The van der Waals surface area contributed by atoms with Gasteiger partial charge in [-0.2, -0.15) is 0 Å². The van der Waals surface area contributed by atoms with Gasteiger partial charge in [0.05, 0.1) is 24.9 Å². The Labute approximate surface area is 150 Å². The van der Waals surface area contributed by atoms with Crippen LogP contribution >= 0.6 is 11.6 Å². The molecule has 0 saturated carbocycles. The molecule has 2 aromatic heterocycles. The Bertz CT molecular complexity index is 878. The van der Waals surface area contributed by atoms with E-state index >= 15 is 0 Å². The van der Waals surface area contributed by atoms with Crippen LogP contribution in [0.4, 0.5) is 0 Å². The summed E-state index contributed by atoms with van der Waals surface area (Å²) in [5.74, 6) is -0.156. The monoisotopic (exact) mass is 359 g/mol. The summed E-state index contributed by atoms with van der Waals surface area (Å²) in [6, 6.07) is 6.59. The van der Waals surface area contributed by atoms with Gasteiger partial charge >= 0.3 is 0 Å². The summed E-state index contributed by atoms with van der Waals surface area (Å²) in [5, 5.41) is 0.296. The number of aryl methyl sites for hydroxylation is 1. The molecule has 1 unspecified atom stereocenters. The first kappa shape index (κ1) is 17.4. The van der Waals surface area contributed by atoms with Gasteiger partial charge in [-0.1, -0.05) is 18.2 Å². The van der Waals surface area contributed by atoms with Crippen LogP contribution in [0.25, 0.3) is 11.3 Å². The van der Waals surface area contributed by atoms with Crippen LogP contribution in [0, 0.1) is 0 Å². The summed E-state index contributed by atoms with van der Waals surface area (Å²) in [6.07, 6.45) is 2.97. The number of carbonyl (C=O) groups is 1. The number of morpholine rings is 1. The molecule has 3 heterocycles. The molecule has 0 bridgehead atoms. The van der Waals surface area contributed by atoms with E-state index in [1.54, 1.807) is 30.3 Å². The van der Waals surface area contributed by atoms with Gasteiger partial charge in [0.25, 0.3) is 5.56 Å². The van der Waals surface area contributed by atoms with Crippen molar-refractivity contribution in [2.75, 3.05) is 19.8 Å². The molecule has 1 aliphatic rings. The van der Waals surface area contributed by atoms with Crippen molar-refractivity contribution < 1.29 is 9.53 Å². The van der Waals surface area contributed by atoms with Crippen molar-refractivity contribution in [2.45, 2.75) is 6.04 Å². The van der Waals surface area contributed by atoms with Crippen molar-refractivity contribution in [1.82, 2.24) is 14.5 Å². The minimum atomic E-state index is -0.273. The molecular weight excluding hydrogens is 342 g/mol. The van der Waals surface area contributed by atoms with Crippen molar-refractivity contribution in [3.63, 3.8) is 0 Å². The van der Waals surface area contributed by atoms with Gasteiger partial charge in [0.15, 0.2) is 0 Å². The van der Waals surface area contributed by atoms with Crippen molar-refractivity contribution in [3.05, 3.63) is 64.2 Å². The zero-order valence-electron chi connectivity index (χ0n) is 13.8. The minimum absolute atomic E-state index is 0.134. The second kappa shape index (κ2) is 7.21. The van der Waals surface area contributed by atoms with E-state index in [0.29, 0.717) is 36.2 Å². The second-order valence-corrected chi connectivity index (χ2v) is 6.19. The predicted molar refractivity (Wildman–Crippen MR) is 95.4 cm³/mol. The number of amides is 1. The van der Waals surface area contributed by atoms with Crippen molar-refractivity contribution in [3.8, 4) is 11.3 Å². The third-order valence-corrected chi connectivity index (χ3v) is 4.38. The maximum Gasteiger partial charge on any atom is 0.250 e. The third kappa shape index (κ3) is 3.65. The number of ether oxygens (including phenoxy) is 1. The van der Waals surface area contributed by atoms with Gasteiger partial charge in [-0.05, 0) is 29.8 Å². The predicted octanol–water partition coefficient (Wildman–Crippen LogP) is 2.19. The van der Waals surface area contributed by atoms with Gasteiger partial charge in [-0.15, -0.1) is 0 Å². The second-order valence-electron chi connectivity index (χ2n) is 5.80. The van der Waals surface area contributed by atoms with Crippen LogP contribution in [0.1, 0.15) is 11.6 Å². The van der Waals surface area contributed by atoms with E-state index in [9.17, 15) is 9.59 Å². The average molecular weight is 360 g/mol. The molecule has 0 aliphatic carbocycles. The van der Waals surface area contributed by atoms with E-state index in [2.05, 4.69) is 11.6 Å². The first-order valence-corrected chi connectivity index (χ1v) is 8.22. The molecule has 1 saturated heterocycles. The normalized spacial score (nSPS) is 17.4. The van der Waals surface area contributed by atoms with E-state index in [1.807, 2.05) is 6.07 Å². The Morgan fingerprint density at radius 1 is 1.44 bits per heavy atom. The Balaban J connectivity index is 2.03. The summed E-state index contributed by atoms with van der Waals surface area (Å²) < 4.78 is 7.02. The highest BCUT2D eigenvalue weighted by atomic mass is 35.5. The smallest absolute Gasteiger partial charge is 0.250 e. The molecule has 6 nitrogen and oxygen atoms in total. The van der Waals surface area contributed by atoms with E-state index < -0.39 is 0 Å². The van der Waals surface area contributed by atoms with E-state index in [-0.39, 0.29) is 17.5 Å². The number of aromatic nitrogens is 2. The lowest BCUT2D eigenvalue weighted by molar-refractivity contribution is -0.134. The van der Waals surface area contributed by atoms with Crippen LogP contribution < -0.4 is 5.56 Å². The number of halogens is 1. The summed E-state index contributed by atoms with van der Waals surface area (Å²) in [7, 11) is 1.68. The molecule has 0 radical (unpaired) electrons. The molecule has 25 heavy (non-hydrogen) atoms. The SMILES string of the molecule is C=CC(=O)N1CCOCC1c1cc(Cl)nc(-c2ccn(C)c(=O)c2)c1. The minimum Gasteiger partial charge on any atom is -0.377 e. The highest BCUT2D eigenvalue weighted by molar-refractivity contribution is 6.29. The molecule has 130 valence electrons. The quantitative estimate of drug-likeness (QED) is 0.622. The molecule has 1 aliphatic heterocycles. The maximum absolute atomic E-state index is 12.1. The lowest BCUT2D eigenvalue weighted by Gasteiger charge is -2.35. The van der Waals surface area contributed by atoms with Crippen LogP contribution in [0.3, 0.4) is 0 Å². The zero-order chi connectivity index (χ0) is 18.0. The first-order chi connectivity index (χ1) is 12.0. The number of hydrogen-bond donors (Lipinski definition) is 0. The molecule has 2 aromatic rings. The molecule has 7 heteroatoms. The fourth-order valence-corrected chi connectivity index (χ4v) is 3.04. The van der Waals surface area contributed by atoms with Crippen LogP contribution in [-0.4, -0.2) is 40.1 Å². The van der Waals surface area contributed by atoms with Gasteiger partial charge < -0.3 is 14.2 Å². The molecule has 1 amide bonds. The fourth-order valence-electron chi connectivity index (χ4n) is 2.83. The summed E-state index contributed by atoms with van der Waals surface area (Å²) in [5.41, 5.74) is 1.93. The number of rotatable bonds is 3. The van der Waals surface area contributed by atoms with Crippen LogP contribution in [0.2, 0.25) is 5.15 Å². The first-order valence-electron chi connectivity index (χ1n) is 7.85. The van der Waals surface area contributed by atoms with Crippen LogP contribution in [0.5, 0.6) is 0 Å². The Kier molecular flexibility index (Phi) is 5.01. The average Bonchev–Trinajstić information content (AvgIpc) is 2.62. The summed E-state index contributed by atoms with van der Waals surface area (Å²) in [4.78, 5) is 30.0. The third-order valence-electron chi connectivity index (χ3n) is 4.19. The highest BCUT2D eigenvalue weighted by Gasteiger charge is 2.28. The largest absolute Gasteiger partial charge is 0.377 e. The van der Waals surface area contributed by atoms with Gasteiger partial charge in [-0.3, -0.25) is 9.59 Å². The number of nitrogens with zero attached hydrogens (tertiary/aromatic N) is 3. The molecular formula is C18H18ClN3O3. The topological polar surface area (TPSA) is 64.4 Å². The molecule has 0 N–H and O–H groups in total. The van der Waals surface area contributed by atoms with Crippen molar-refractivity contribution >= 4 is 17.5 Å². The zero-order valence-corrected chi connectivity index (χ0v) is 14.6. The standard InChI is InChI=1S/C18H18ClN3O3/c1-3-17(23)22-6-7-25-11-15(22)13-8-14(20-16(19)9-13)12-4-5-21(2)18(24)10-12/h3-5,8-10,15H,1,6-7,11H2,2H3. The summed E-state index contributed by atoms with van der Waals surface area (Å²) >= 11 is 6.19. The lowest BCUT2D eigenvalue weighted by Crippen LogP contribution is -2.42. The van der Waals surface area contributed by atoms with Crippen LogP contribution in [-0.2, 0) is 16.6 Å². The Morgan fingerprint density at radius 2 is 2.24 bits per heavy atom. The lowest BCUT2D eigenvalue weighted by atomic mass is 10.0. The molecule has 0 aromatic carbocycles. The van der Waals surface area contributed by atoms with E-state index in [4.69, 9.17) is 16.3 Å². The van der Waals surface area contributed by atoms with Gasteiger partial charge in [0.2, 0.25) is 5.91 Å². The maximum atomic E-state index is 12.1. The van der Waals surface area contributed by atoms with Gasteiger partial charge in [0, 0.05) is 31.4 Å². The van der Waals surface area contributed by atoms with Crippen LogP contribution in [0.15, 0.2) is 47.9 Å². The molecule has 1 fully saturated rings.